The third kappa shape index (κ3) is 2.92. The molecular formula is C11H16ClFN2O. The molecule has 0 spiro atoms. The van der Waals surface area contributed by atoms with Crippen LogP contribution in [0.25, 0.3) is 0 Å². The summed E-state index contributed by atoms with van der Waals surface area (Å²) in [5.74, 6) is -0.368. The van der Waals surface area contributed by atoms with Crippen molar-refractivity contribution in [3.8, 4) is 0 Å². The average molecular weight is 247 g/mol. The van der Waals surface area contributed by atoms with Crippen molar-refractivity contribution in [2.24, 2.45) is 5.73 Å². The monoisotopic (exact) mass is 246 g/mol. The molecule has 1 aromatic rings. The quantitative estimate of drug-likeness (QED) is 0.826. The average Bonchev–Trinajstić information content (AvgIpc) is 2.24. The highest BCUT2D eigenvalue weighted by Gasteiger charge is 2.21. The first-order valence-corrected chi connectivity index (χ1v) is 5.44. The molecule has 1 rings (SSSR count). The van der Waals surface area contributed by atoms with Crippen LogP contribution in [0.2, 0.25) is 5.02 Å². The van der Waals surface area contributed by atoms with Crippen molar-refractivity contribution in [1.82, 2.24) is 4.90 Å². The van der Waals surface area contributed by atoms with E-state index in [1.165, 1.54) is 6.07 Å². The molecule has 90 valence electrons. The number of hydrogen-bond acceptors (Lipinski definition) is 3. The Labute approximate surface area is 99.6 Å². The lowest BCUT2D eigenvalue weighted by atomic mass is 10.0. The van der Waals surface area contributed by atoms with E-state index in [1.807, 2.05) is 0 Å². The molecular weight excluding hydrogens is 231 g/mol. The van der Waals surface area contributed by atoms with Gasteiger partial charge in [0.1, 0.15) is 5.82 Å². The van der Waals surface area contributed by atoms with Crippen molar-refractivity contribution in [2.75, 3.05) is 26.7 Å². The molecule has 0 bridgehead atoms. The van der Waals surface area contributed by atoms with E-state index < -0.39 is 0 Å². The van der Waals surface area contributed by atoms with Crippen molar-refractivity contribution in [1.29, 1.82) is 0 Å². The zero-order valence-electron chi connectivity index (χ0n) is 9.16. The Morgan fingerprint density at radius 1 is 1.56 bits per heavy atom. The van der Waals surface area contributed by atoms with Crippen LogP contribution in [0, 0.1) is 5.82 Å². The summed E-state index contributed by atoms with van der Waals surface area (Å²) in [4.78, 5) is 1.78. The number of hydrogen-bond donors (Lipinski definition) is 2. The van der Waals surface area contributed by atoms with Gasteiger partial charge in [0.05, 0.1) is 12.6 Å². The van der Waals surface area contributed by atoms with Crippen LogP contribution >= 0.6 is 11.6 Å². The molecule has 0 amide bonds. The minimum atomic E-state index is -0.368. The second-order valence-corrected chi connectivity index (χ2v) is 4.00. The minimum absolute atomic E-state index is 0.000921. The molecule has 1 aromatic carbocycles. The molecule has 0 aliphatic carbocycles. The summed E-state index contributed by atoms with van der Waals surface area (Å²) >= 11 is 5.96. The molecule has 0 aromatic heterocycles. The summed E-state index contributed by atoms with van der Waals surface area (Å²) in [5.41, 5.74) is 6.02. The van der Waals surface area contributed by atoms with Crippen LogP contribution in [0.5, 0.6) is 0 Å². The highest BCUT2D eigenvalue weighted by Crippen LogP contribution is 2.28. The Morgan fingerprint density at radius 3 is 2.75 bits per heavy atom. The summed E-state index contributed by atoms with van der Waals surface area (Å²) in [6.07, 6.45) is 0. The predicted molar refractivity (Wildman–Crippen MR) is 62.9 cm³/mol. The van der Waals surface area contributed by atoms with Gasteiger partial charge in [-0.15, -0.1) is 0 Å². The Kier molecular flexibility index (Phi) is 5.15. The van der Waals surface area contributed by atoms with E-state index in [0.29, 0.717) is 17.1 Å². The van der Waals surface area contributed by atoms with E-state index in [1.54, 1.807) is 24.1 Å². The van der Waals surface area contributed by atoms with Gasteiger partial charge in [-0.1, -0.05) is 17.7 Å². The summed E-state index contributed by atoms with van der Waals surface area (Å²) in [7, 11) is 1.77. The van der Waals surface area contributed by atoms with Crippen LogP contribution in [-0.4, -0.2) is 36.8 Å². The van der Waals surface area contributed by atoms with Gasteiger partial charge in [0.2, 0.25) is 0 Å². The summed E-state index contributed by atoms with van der Waals surface area (Å²) in [5, 5.41) is 9.22. The van der Waals surface area contributed by atoms with Gasteiger partial charge in [0, 0.05) is 23.7 Å². The number of aliphatic hydroxyl groups is 1. The van der Waals surface area contributed by atoms with Gasteiger partial charge in [-0.2, -0.15) is 0 Å². The summed E-state index contributed by atoms with van der Waals surface area (Å²) < 4.78 is 13.7. The Balaban J connectivity index is 3.03. The van der Waals surface area contributed by atoms with E-state index in [-0.39, 0.29) is 25.0 Å². The minimum Gasteiger partial charge on any atom is -0.395 e. The van der Waals surface area contributed by atoms with Gasteiger partial charge in [0.25, 0.3) is 0 Å². The highest BCUT2D eigenvalue weighted by molar-refractivity contribution is 6.31. The molecule has 5 heteroatoms. The molecule has 0 saturated heterocycles. The molecule has 0 heterocycles. The molecule has 3 nitrogen and oxygen atoms in total. The van der Waals surface area contributed by atoms with Crippen molar-refractivity contribution < 1.29 is 9.50 Å². The van der Waals surface area contributed by atoms with Crippen molar-refractivity contribution >= 4 is 11.6 Å². The smallest absolute Gasteiger partial charge is 0.129 e. The molecule has 0 aliphatic rings. The summed E-state index contributed by atoms with van der Waals surface area (Å²) in [6, 6.07) is 4.23. The van der Waals surface area contributed by atoms with Crippen molar-refractivity contribution in [3.63, 3.8) is 0 Å². The van der Waals surface area contributed by atoms with Gasteiger partial charge in [-0.25, -0.2) is 4.39 Å². The predicted octanol–water partition coefficient (Wildman–Crippen LogP) is 1.40. The number of halogens is 2. The van der Waals surface area contributed by atoms with Crippen LogP contribution < -0.4 is 5.73 Å². The van der Waals surface area contributed by atoms with Crippen molar-refractivity contribution in [3.05, 3.63) is 34.6 Å². The second kappa shape index (κ2) is 6.15. The van der Waals surface area contributed by atoms with Gasteiger partial charge in [-0.3, -0.25) is 4.90 Å². The van der Waals surface area contributed by atoms with Gasteiger partial charge >= 0.3 is 0 Å². The zero-order valence-corrected chi connectivity index (χ0v) is 9.91. The molecule has 16 heavy (non-hydrogen) atoms. The van der Waals surface area contributed by atoms with E-state index in [0.717, 1.165) is 0 Å². The standard InChI is InChI=1S/C11H16ClFN2O/c1-15(5-6-16)10(7-14)11-8(12)3-2-4-9(11)13/h2-4,10,16H,5-7,14H2,1H3. The lowest BCUT2D eigenvalue weighted by molar-refractivity contribution is 0.181. The Hall–Kier alpha value is -0.680. The number of benzene rings is 1. The van der Waals surface area contributed by atoms with Crippen molar-refractivity contribution in [2.45, 2.75) is 6.04 Å². The first-order chi connectivity index (χ1) is 7.61. The normalized spacial score (nSPS) is 13.1. The number of likely N-dealkylation sites (N-methyl/N-ethyl adjacent to an activating group) is 1. The third-order valence-corrected chi connectivity index (χ3v) is 2.87. The molecule has 1 atom stereocenters. The number of rotatable bonds is 5. The zero-order chi connectivity index (χ0) is 12.1. The molecule has 0 fully saturated rings. The van der Waals surface area contributed by atoms with Gasteiger partial charge in [-0.05, 0) is 19.2 Å². The summed E-state index contributed by atoms with van der Waals surface area (Å²) in [6.45, 7) is 0.669. The van der Waals surface area contributed by atoms with E-state index in [2.05, 4.69) is 0 Å². The maximum absolute atomic E-state index is 13.7. The van der Waals surface area contributed by atoms with Crippen LogP contribution in [0.4, 0.5) is 4.39 Å². The lowest BCUT2D eigenvalue weighted by Gasteiger charge is -2.27. The largest absolute Gasteiger partial charge is 0.395 e. The fraction of sp³-hybridized carbons (Fsp3) is 0.455. The molecule has 3 N–H and O–H groups in total. The van der Waals surface area contributed by atoms with Gasteiger partial charge < -0.3 is 10.8 Å². The fourth-order valence-corrected chi connectivity index (χ4v) is 1.95. The van der Waals surface area contributed by atoms with E-state index in [4.69, 9.17) is 22.4 Å². The van der Waals surface area contributed by atoms with Crippen LogP contribution in [-0.2, 0) is 0 Å². The van der Waals surface area contributed by atoms with E-state index >= 15 is 0 Å². The van der Waals surface area contributed by atoms with Crippen LogP contribution in [0.3, 0.4) is 0 Å². The third-order valence-electron chi connectivity index (χ3n) is 2.54. The topological polar surface area (TPSA) is 49.5 Å². The second-order valence-electron chi connectivity index (χ2n) is 3.59. The highest BCUT2D eigenvalue weighted by atomic mass is 35.5. The molecule has 0 radical (unpaired) electrons. The SMILES string of the molecule is CN(CCO)C(CN)c1c(F)cccc1Cl. The molecule has 1 unspecified atom stereocenters. The Morgan fingerprint density at radius 2 is 2.25 bits per heavy atom. The molecule has 0 aliphatic heterocycles. The first kappa shape index (κ1) is 13.4. The van der Waals surface area contributed by atoms with E-state index in [9.17, 15) is 4.39 Å². The maximum atomic E-state index is 13.7. The number of nitrogens with two attached hydrogens (primary N) is 1. The fourth-order valence-electron chi connectivity index (χ4n) is 1.66. The van der Waals surface area contributed by atoms with Crippen LogP contribution in [0.15, 0.2) is 18.2 Å². The Bertz CT molecular complexity index is 329. The molecule has 0 saturated carbocycles. The first-order valence-electron chi connectivity index (χ1n) is 5.07. The lowest BCUT2D eigenvalue weighted by Crippen LogP contribution is -2.33. The maximum Gasteiger partial charge on any atom is 0.129 e. The number of nitrogens with zero attached hydrogens (tertiary/aromatic N) is 1. The number of aliphatic hydroxyl groups excluding tert-OH is 1. The van der Waals surface area contributed by atoms with Crippen LogP contribution in [0.1, 0.15) is 11.6 Å². The van der Waals surface area contributed by atoms with Gasteiger partial charge in [0.15, 0.2) is 0 Å².